The minimum atomic E-state index is -2.00. The van der Waals surface area contributed by atoms with Crippen molar-refractivity contribution in [3.63, 3.8) is 0 Å². The fourth-order valence-corrected chi connectivity index (χ4v) is 1.99. The third kappa shape index (κ3) is 3.02. The van der Waals surface area contributed by atoms with E-state index in [4.69, 9.17) is 4.55 Å². The molecule has 0 saturated carbocycles. The fraction of sp³-hybridized carbons (Fsp3) is 0.857. The van der Waals surface area contributed by atoms with Crippen LogP contribution in [0.15, 0.2) is 0 Å². The molecule has 0 bridgehead atoms. The summed E-state index contributed by atoms with van der Waals surface area (Å²) in [7, 11) is 0. The van der Waals surface area contributed by atoms with Gasteiger partial charge in [0.1, 0.15) is 5.25 Å². The quantitative estimate of drug-likeness (QED) is 0.502. The van der Waals surface area contributed by atoms with Crippen LogP contribution in [-0.2, 0) is 15.9 Å². The predicted octanol–water partition coefficient (Wildman–Crippen LogP) is -0.431. The second kappa shape index (κ2) is 5.46. The second-order valence-corrected chi connectivity index (χ2v) is 4.30. The maximum absolute atomic E-state index is 11.4. The molecule has 0 aromatic heterocycles. The number of amides is 1. The van der Waals surface area contributed by atoms with Crippen molar-refractivity contribution in [2.45, 2.75) is 31.6 Å². The van der Waals surface area contributed by atoms with Gasteiger partial charge in [-0.25, -0.2) is 4.21 Å². The van der Waals surface area contributed by atoms with Gasteiger partial charge in [-0.15, -0.1) is 0 Å². The summed E-state index contributed by atoms with van der Waals surface area (Å²) in [6.45, 7) is 4.41. The van der Waals surface area contributed by atoms with Gasteiger partial charge in [-0.1, -0.05) is 0 Å². The Morgan fingerprint density at radius 1 is 1.62 bits per heavy atom. The fourth-order valence-electron chi connectivity index (χ4n) is 1.37. The summed E-state index contributed by atoms with van der Waals surface area (Å²) in [5, 5.41) is -0.688. The van der Waals surface area contributed by atoms with E-state index in [1.807, 2.05) is 13.8 Å². The van der Waals surface area contributed by atoms with E-state index in [1.165, 1.54) is 0 Å². The van der Waals surface area contributed by atoms with Crippen LogP contribution in [0.2, 0.25) is 0 Å². The molecular weight excluding hydrogens is 201 g/mol. The molecule has 2 unspecified atom stereocenters. The number of hydrogen-bond donors (Lipinski definition) is 1. The average molecular weight is 215 g/mol. The summed E-state index contributed by atoms with van der Waals surface area (Å²) in [6.07, 6.45) is 0.500. The first kappa shape index (κ1) is 13.6. The van der Waals surface area contributed by atoms with Crippen molar-refractivity contribution in [3.05, 3.63) is 0 Å². The Morgan fingerprint density at radius 3 is 2.38 bits per heavy atom. The maximum atomic E-state index is 11.4. The molecule has 1 amide bonds. The van der Waals surface area contributed by atoms with Gasteiger partial charge in [-0.05, 0) is 20.3 Å². The topological polar surface area (TPSA) is 57.6 Å². The molecule has 0 spiro atoms. The molecule has 0 aromatic rings. The monoisotopic (exact) mass is 215 g/mol. The number of likely N-dealkylation sites (tertiary alicyclic amines) is 1. The van der Waals surface area contributed by atoms with E-state index in [2.05, 4.69) is 0 Å². The van der Waals surface area contributed by atoms with E-state index in [0.29, 0.717) is 13.0 Å². The number of carbonyl (C=O) groups is 1. The van der Waals surface area contributed by atoms with Gasteiger partial charge in [0, 0.05) is 12.6 Å². The van der Waals surface area contributed by atoms with Crippen molar-refractivity contribution in [2.75, 3.05) is 6.54 Å². The van der Waals surface area contributed by atoms with Crippen molar-refractivity contribution in [2.24, 2.45) is 0 Å². The molecule has 1 heterocycles. The van der Waals surface area contributed by atoms with Crippen LogP contribution in [0.4, 0.5) is 0 Å². The summed E-state index contributed by atoms with van der Waals surface area (Å²) in [5.41, 5.74) is 0. The van der Waals surface area contributed by atoms with E-state index < -0.39 is 16.3 Å². The first-order valence-corrected chi connectivity index (χ1v) is 5.11. The molecule has 13 heavy (non-hydrogen) atoms. The summed E-state index contributed by atoms with van der Waals surface area (Å²) in [6, 6.07) is 0.131. The molecule has 0 aromatic carbocycles. The first-order valence-electron chi connectivity index (χ1n) is 3.94. The summed E-state index contributed by atoms with van der Waals surface area (Å²) >= 11 is -2.00. The third-order valence-corrected chi connectivity index (χ3v) is 2.98. The van der Waals surface area contributed by atoms with Crippen molar-refractivity contribution in [1.29, 1.82) is 0 Å². The van der Waals surface area contributed by atoms with Gasteiger partial charge in [0.2, 0.25) is 5.91 Å². The molecule has 72 valence electrons. The van der Waals surface area contributed by atoms with Crippen LogP contribution in [0.3, 0.4) is 0 Å². The molecule has 1 aliphatic rings. The Morgan fingerprint density at radius 2 is 2.15 bits per heavy atom. The van der Waals surface area contributed by atoms with Gasteiger partial charge in [0.05, 0.1) is 0 Å². The Kier molecular flexibility index (Phi) is 5.70. The molecule has 4 nitrogen and oxygen atoms in total. The molecule has 1 rings (SSSR count). The molecule has 1 aliphatic heterocycles. The van der Waals surface area contributed by atoms with Crippen LogP contribution in [0.25, 0.3) is 0 Å². The number of hydrogen-bond acceptors (Lipinski definition) is 2. The van der Waals surface area contributed by atoms with Gasteiger partial charge in [-0.3, -0.25) is 4.79 Å². The van der Waals surface area contributed by atoms with E-state index in [1.54, 1.807) is 4.90 Å². The molecule has 1 saturated heterocycles. The van der Waals surface area contributed by atoms with Gasteiger partial charge in [-0.2, -0.15) is 0 Å². The van der Waals surface area contributed by atoms with Crippen LogP contribution >= 0.6 is 0 Å². The van der Waals surface area contributed by atoms with E-state index >= 15 is 0 Å². The van der Waals surface area contributed by atoms with Gasteiger partial charge in [0.15, 0.2) is 11.1 Å². The van der Waals surface area contributed by atoms with Crippen molar-refractivity contribution < 1.29 is 13.6 Å². The van der Waals surface area contributed by atoms with Crippen molar-refractivity contribution >= 4 is 46.5 Å². The number of nitrogens with zero attached hydrogens (tertiary/aromatic N) is 1. The van der Waals surface area contributed by atoms with Crippen molar-refractivity contribution in [3.8, 4) is 0 Å². The van der Waals surface area contributed by atoms with E-state index in [9.17, 15) is 9.00 Å². The van der Waals surface area contributed by atoms with Crippen LogP contribution in [-0.4, -0.2) is 67.0 Å². The average Bonchev–Trinajstić information content (AvgIpc) is 2.30. The normalized spacial score (nSPS) is 24.8. The van der Waals surface area contributed by atoms with E-state index in [-0.39, 0.29) is 41.5 Å². The zero-order chi connectivity index (χ0) is 9.30. The van der Waals surface area contributed by atoms with Gasteiger partial charge < -0.3 is 9.45 Å². The van der Waals surface area contributed by atoms with E-state index in [0.717, 1.165) is 0 Å². The number of carbonyl (C=O) groups excluding carboxylic acids is 1. The van der Waals surface area contributed by atoms with Crippen LogP contribution < -0.4 is 0 Å². The Bertz CT molecular complexity index is 222. The first-order chi connectivity index (χ1) is 5.54. The number of rotatable bonds is 2. The van der Waals surface area contributed by atoms with Crippen LogP contribution in [0.1, 0.15) is 20.3 Å². The van der Waals surface area contributed by atoms with Crippen LogP contribution in [0, 0.1) is 0 Å². The van der Waals surface area contributed by atoms with Gasteiger partial charge >= 0.3 is 29.6 Å². The standard InChI is InChI=1S/C7H13NO3S.Na.H/c1-5(2)8-4-3-6(7(8)9)12(10)11;;/h5-6H,3-4H2,1-2H3,(H,10,11);;. The summed E-state index contributed by atoms with van der Waals surface area (Å²) < 4.78 is 19.4. The molecule has 0 aliphatic carbocycles. The predicted molar refractivity (Wildman–Crippen MR) is 53.2 cm³/mol. The molecule has 0 radical (unpaired) electrons. The third-order valence-electron chi connectivity index (χ3n) is 2.06. The Hall–Kier alpha value is 0.580. The molecule has 1 N–H and O–H groups in total. The Labute approximate surface area is 103 Å². The SMILES string of the molecule is CC(C)N1CCC(S(=O)O)C1=O.[NaH]. The Balaban J connectivity index is 0.00000144. The molecule has 1 fully saturated rings. The summed E-state index contributed by atoms with van der Waals surface area (Å²) in [4.78, 5) is 13.0. The molecular formula is C7H14NNaO3S. The van der Waals surface area contributed by atoms with Crippen molar-refractivity contribution in [1.82, 2.24) is 4.90 Å². The zero-order valence-corrected chi connectivity index (χ0v) is 8.00. The minimum absolute atomic E-state index is 0. The van der Waals surface area contributed by atoms with Crippen LogP contribution in [0.5, 0.6) is 0 Å². The molecule has 2 atom stereocenters. The van der Waals surface area contributed by atoms with Gasteiger partial charge in [0.25, 0.3) is 0 Å². The zero-order valence-electron chi connectivity index (χ0n) is 7.19. The summed E-state index contributed by atoms with van der Waals surface area (Å²) in [5.74, 6) is -0.189. The second-order valence-electron chi connectivity index (χ2n) is 3.18. The molecule has 6 heteroatoms.